The summed E-state index contributed by atoms with van der Waals surface area (Å²) in [4.78, 5) is 2.19. The number of rotatable bonds is 5. The van der Waals surface area contributed by atoms with Gasteiger partial charge in [-0.1, -0.05) is 11.6 Å². The van der Waals surface area contributed by atoms with E-state index in [2.05, 4.69) is 24.8 Å². The fourth-order valence-electron chi connectivity index (χ4n) is 1.85. The maximum absolute atomic E-state index is 8.83. The molecule has 0 fully saturated rings. The van der Waals surface area contributed by atoms with Crippen LogP contribution in [0.2, 0.25) is 5.02 Å². The van der Waals surface area contributed by atoms with Gasteiger partial charge in [-0.15, -0.1) is 0 Å². The van der Waals surface area contributed by atoms with Gasteiger partial charge < -0.3 is 9.64 Å². The van der Waals surface area contributed by atoms with Crippen molar-refractivity contribution in [2.45, 2.75) is 19.9 Å². The average Bonchev–Trinajstić information content (AvgIpc) is 2.30. The van der Waals surface area contributed by atoms with E-state index in [-0.39, 0.29) is 6.04 Å². The molecule has 92 valence electrons. The van der Waals surface area contributed by atoms with Gasteiger partial charge in [0.05, 0.1) is 17.2 Å². The Morgan fingerprint density at radius 2 is 2.24 bits per heavy atom. The van der Waals surface area contributed by atoms with Crippen LogP contribution in [0.5, 0.6) is 0 Å². The molecule has 0 aliphatic rings. The summed E-state index contributed by atoms with van der Waals surface area (Å²) >= 11 is 6.03. The number of hydrogen-bond acceptors (Lipinski definition) is 3. The van der Waals surface area contributed by atoms with Crippen molar-refractivity contribution in [1.82, 2.24) is 0 Å². The zero-order valence-electron chi connectivity index (χ0n) is 10.4. The predicted molar refractivity (Wildman–Crippen MR) is 70.5 cm³/mol. The van der Waals surface area contributed by atoms with E-state index in [9.17, 15) is 0 Å². The van der Waals surface area contributed by atoms with E-state index in [0.717, 1.165) is 12.2 Å². The first-order valence-electron chi connectivity index (χ1n) is 5.59. The van der Waals surface area contributed by atoms with Crippen LogP contribution in [-0.2, 0) is 4.74 Å². The standard InChI is InChI=1S/C13H17ClN2O/c1-4-16(10(2)9-17-3)12-6-5-11(8-15)13(14)7-12/h5-7,10H,4,9H2,1-3H3. The van der Waals surface area contributed by atoms with Crippen molar-refractivity contribution in [1.29, 1.82) is 5.26 Å². The monoisotopic (exact) mass is 252 g/mol. The third kappa shape index (κ3) is 3.36. The highest BCUT2D eigenvalue weighted by atomic mass is 35.5. The van der Waals surface area contributed by atoms with Gasteiger partial charge in [0.1, 0.15) is 6.07 Å². The van der Waals surface area contributed by atoms with Gasteiger partial charge in [0, 0.05) is 25.4 Å². The predicted octanol–water partition coefficient (Wildman–Crippen LogP) is 3.07. The molecule has 0 amide bonds. The smallest absolute Gasteiger partial charge is 0.101 e. The minimum absolute atomic E-state index is 0.272. The third-order valence-corrected chi connectivity index (χ3v) is 3.00. The van der Waals surface area contributed by atoms with Crippen LogP contribution in [0.25, 0.3) is 0 Å². The molecule has 0 aromatic heterocycles. The highest BCUT2D eigenvalue weighted by Gasteiger charge is 2.13. The summed E-state index contributed by atoms with van der Waals surface area (Å²) < 4.78 is 5.16. The number of ether oxygens (including phenoxy) is 1. The van der Waals surface area contributed by atoms with Crippen molar-refractivity contribution >= 4 is 17.3 Å². The van der Waals surface area contributed by atoms with Crippen molar-refractivity contribution in [3.05, 3.63) is 28.8 Å². The summed E-state index contributed by atoms with van der Waals surface area (Å²) in [7, 11) is 1.69. The molecule has 1 aromatic carbocycles. The number of likely N-dealkylation sites (N-methyl/N-ethyl adjacent to an activating group) is 1. The zero-order chi connectivity index (χ0) is 12.8. The van der Waals surface area contributed by atoms with Gasteiger partial charge in [0.25, 0.3) is 0 Å². The van der Waals surface area contributed by atoms with Crippen LogP contribution in [0.1, 0.15) is 19.4 Å². The minimum Gasteiger partial charge on any atom is -0.383 e. The van der Waals surface area contributed by atoms with Crippen molar-refractivity contribution < 1.29 is 4.74 Å². The lowest BCUT2D eigenvalue weighted by Crippen LogP contribution is -2.36. The number of anilines is 1. The van der Waals surface area contributed by atoms with Crippen LogP contribution in [-0.4, -0.2) is 26.3 Å². The van der Waals surface area contributed by atoms with E-state index < -0.39 is 0 Å². The molecule has 0 heterocycles. The fourth-order valence-corrected chi connectivity index (χ4v) is 2.07. The van der Waals surface area contributed by atoms with Crippen LogP contribution in [0.3, 0.4) is 0 Å². The molecule has 0 saturated carbocycles. The molecule has 17 heavy (non-hydrogen) atoms. The number of nitriles is 1. The van der Waals surface area contributed by atoms with Crippen LogP contribution >= 0.6 is 11.6 Å². The molecule has 0 aliphatic heterocycles. The first kappa shape index (κ1) is 13.8. The van der Waals surface area contributed by atoms with Gasteiger partial charge in [0.2, 0.25) is 0 Å². The highest BCUT2D eigenvalue weighted by molar-refractivity contribution is 6.32. The Bertz CT molecular complexity index is 414. The average molecular weight is 253 g/mol. The molecule has 0 radical (unpaired) electrons. The van der Waals surface area contributed by atoms with Crippen molar-refractivity contribution in [2.75, 3.05) is 25.2 Å². The minimum atomic E-state index is 0.272. The maximum Gasteiger partial charge on any atom is 0.101 e. The van der Waals surface area contributed by atoms with E-state index >= 15 is 0 Å². The van der Waals surface area contributed by atoms with Crippen molar-refractivity contribution in [3.63, 3.8) is 0 Å². The number of benzene rings is 1. The van der Waals surface area contributed by atoms with Crippen molar-refractivity contribution in [2.24, 2.45) is 0 Å². The van der Waals surface area contributed by atoms with E-state index in [1.807, 2.05) is 12.1 Å². The Balaban J connectivity index is 2.97. The second-order valence-corrected chi connectivity index (χ2v) is 4.27. The van der Waals surface area contributed by atoms with E-state index in [1.54, 1.807) is 13.2 Å². The van der Waals surface area contributed by atoms with Gasteiger partial charge in [-0.05, 0) is 32.0 Å². The SMILES string of the molecule is CCN(c1ccc(C#N)c(Cl)c1)C(C)COC. The lowest BCUT2D eigenvalue weighted by Gasteiger charge is -2.29. The molecular weight excluding hydrogens is 236 g/mol. The molecule has 1 aromatic rings. The maximum atomic E-state index is 8.83. The summed E-state index contributed by atoms with van der Waals surface area (Å²) in [6.07, 6.45) is 0. The zero-order valence-corrected chi connectivity index (χ0v) is 11.2. The van der Waals surface area contributed by atoms with Gasteiger partial charge in [-0.25, -0.2) is 0 Å². The molecule has 1 rings (SSSR count). The van der Waals surface area contributed by atoms with Crippen LogP contribution in [0.15, 0.2) is 18.2 Å². The van der Waals surface area contributed by atoms with Crippen molar-refractivity contribution in [3.8, 4) is 6.07 Å². The van der Waals surface area contributed by atoms with Crippen LogP contribution in [0.4, 0.5) is 5.69 Å². The fraction of sp³-hybridized carbons (Fsp3) is 0.462. The Kier molecular flexibility index (Phi) is 5.27. The molecule has 1 unspecified atom stereocenters. The van der Waals surface area contributed by atoms with Gasteiger partial charge in [-0.3, -0.25) is 0 Å². The summed E-state index contributed by atoms with van der Waals surface area (Å²) in [6.45, 7) is 5.70. The second-order valence-electron chi connectivity index (χ2n) is 3.87. The Hall–Kier alpha value is -1.24. The molecule has 0 N–H and O–H groups in total. The lowest BCUT2D eigenvalue weighted by molar-refractivity contribution is 0.182. The summed E-state index contributed by atoms with van der Waals surface area (Å²) in [6, 6.07) is 7.83. The number of nitrogens with zero attached hydrogens (tertiary/aromatic N) is 2. The highest BCUT2D eigenvalue weighted by Crippen LogP contribution is 2.24. The number of halogens is 1. The summed E-state index contributed by atoms with van der Waals surface area (Å²) in [5.41, 5.74) is 1.52. The quantitative estimate of drug-likeness (QED) is 0.808. The molecule has 0 bridgehead atoms. The summed E-state index contributed by atoms with van der Waals surface area (Å²) in [5.74, 6) is 0. The number of methoxy groups -OCH3 is 1. The number of hydrogen-bond donors (Lipinski definition) is 0. The first-order chi connectivity index (χ1) is 8.13. The summed E-state index contributed by atoms with van der Waals surface area (Å²) in [5, 5.41) is 9.32. The van der Waals surface area contributed by atoms with Gasteiger partial charge in [0.15, 0.2) is 0 Å². The Morgan fingerprint density at radius 1 is 1.53 bits per heavy atom. The Labute approximate surface area is 108 Å². The molecule has 4 heteroatoms. The Morgan fingerprint density at radius 3 is 2.71 bits per heavy atom. The van der Waals surface area contributed by atoms with Gasteiger partial charge >= 0.3 is 0 Å². The molecular formula is C13H17ClN2O. The molecule has 0 saturated heterocycles. The molecule has 1 atom stereocenters. The molecule has 0 spiro atoms. The van der Waals surface area contributed by atoms with Gasteiger partial charge in [-0.2, -0.15) is 5.26 Å². The normalized spacial score (nSPS) is 11.9. The molecule has 0 aliphatic carbocycles. The van der Waals surface area contributed by atoms with Crippen LogP contribution in [0, 0.1) is 11.3 Å². The topological polar surface area (TPSA) is 36.3 Å². The van der Waals surface area contributed by atoms with E-state index in [1.165, 1.54) is 0 Å². The lowest BCUT2D eigenvalue weighted by atomic mass is 10.2. The molecule has 3 nitrogen and oxygen atoms in total. The first-order valence-corrected chi connectivity index (χ1v) is 5.97. The largest absolute Gasteiger partial charge is 0.383 e. The third-order valence-electron chi connectivity index (χ3n) is 2.69. The van der Waals surface area contributed by atoms with E-state index in [4.69, 9.17) is 21.6 Å². The van der Waals surface area contributed by atoms with E-state index in [0.29, 0.717) is 17.2 Å². The second kappa shape index (κ2) is 6.48. The van der Waals surface area contributed by atoms with Crippen LogP contribution < -0.4 is 4.90 Å².